The molecule has 2 aromatic rings. The maximum absolute atomic E-state index is 12.7. The second kappa shape index (κ2) is 9.18. The minimum atomic E-state index is -3.35. The Labute approximate surface area is 178 Å². The molecule has 4 rings (SSSR count). The number of ether oxygens (including phenoxy) is 1. The van der Waals surface area contributed by atoms with Crippen LogP contribution in [0.2, 0.25) is 0 Å². The molecular weight excluding hydrogens is 402 g/mol. The van der Waals surface area contributed by atoms with Gasteiger partial charge in [0.2, 0.25) is 10.0 Å². The Morgan fingerprint density at radius 3 is 2.13 bits per heavy atom. The zero-order valence-electron chi connectivity index (χ0n) is 17.4. The predicted molar refractivity (Wildman–Crippen MR) is 118 cm³/mol. The molecule has 9 heteroatoms. The highest BCUT2D eigenvalue weighted by Gasteiger charge is 2.28. The zero-order chi connectivity index (χ0) is 21.0. The molecule has 0 saturated carbocycles. The van der Waals surface area contributed by atoms with Crippen LogP contribution in [0.1, 0.15) is 18.7 Å². The van der Waals surface area contributed by atoms with Gasteiger partial charge in [-0.3, -0.25) is 0 Å². The van der Waals surface area contributed by atoms with Gasteiger partial charge in [-0.05, 0) is 31.9 Å². The summed E-state index contributed by atoms with van der Waals surface area (Å²) < 4.78 is 32.5. The maximum Gasteiger partial charge on any atom is 0.217 e. The van der Waals surface area contributed by atoms with Crippen LogP contribution in [-0.4, -0.2) is 74.3 Å². The number of nitrogens with zero attached hydrogens (tertiary/aromatic N) is 5. The molecule has 2 aliphatic rings. The van der Waals surface area contributed by atoms with Crippen LogP contribution in [0.5, 0.6) is 5.75 Å². The number of piperazine rings is 1. The molecule has 0 radical (unpaired) electrons. The fourth-order valence-corrected chi connectivity index (χ4v) is 5.18. The zero-order valence-corrected chi connectivity index (χ0v) is 18.2. The quantitative estimate of drug-likeness (QED) is 0.663. The largest absolute Gasteiger partial charge is 0.492 e. The van der Waals surface area contributed by atoms with E-state index in [2.05, 4.69) is 19.8 Å². The number of aryl methyl sites for hydroxylation is 1. The first-order chi connectivity index (χ1) is 14.5. The van der Waals surface area contributed by atoms with Gasteiger partial charge < -0.3 is 14.5 Å². The van der Waals surface area contributed by atoms with Crippen molar-refractivity contribution in [3.05, 3.63) is 42.2 Å². The molecule has 162 valence electrons. The van der Waals surface area contributed by atoms with Crippen LogP contribution < -0.4 is 14.5 Å². The van der Waals surface area contributed by atoms with Gasteiger partial charge >= 0.3 is 0 Å². The van der Waals surface area contributed by atoms with Crippen LogP contribution in [-0.2, 0) is 10.0 Å². The van der Waals surface area contributed by atoms with Gasteiger partial charge in [0.25, 0.3) is 0 Å². The van der Waals surface area contributed by atoms with E-state index in [0.29, 0.717) is 31.9 Å². The summed E-state index contributed by atoms with van der Waals surface area (Å²) in [5.41, 5.74) is 0. The standard InChI is InChI=1S/C21H29N5O3S/c1-18-22-20(24-9-5-6-10-24)17-21(23-18)25-11-13-26(14-12-25)30(27,28)16-15-29-19-7-3-2-4-8-19/h2-4,7-8,17H,5-6,9-16H2,1H3. The number of anilines is 2. The third kappa shape index (κ3) is 5.02. The lowest BCUT2D eigenvalue weighted by atomic mass is 10.3. The number of para-hydroxylation sites is 1. The molecule has 0 unspecified atom stereocenters. The van der Waals surface area contributed by atoms with Gasteiger partial charge in [-0.15, -0.1) is 0 Å². The molecule has 8 nitrogen and oxygen atoms in total. The normalized spacial score (nSPS) is 18.0. The average Bonchev–Trinajstić information content (AvgIpc) is 3.29. The minimum absolute atomic E-state index is 0.0202. The molecule has 0 amide bonds. The van der Waals surface area contributed by atoms with Gasteiger partial charge in [-0.2, -0.15) is 4.31 Å². The van der Waals surface area contributed by atoms with Gasteiger partial charge in [0.05, 0.1) is 5.75 Å². The smallest absolute Gasteiger partial charge is 0.217 e. The molecule has 2 aliphatic heterocycles. The summed E-state index contributed by atoms with van der Waals surface area (Å²) in [7, 11) is -3.35. The Hall–Kier alpha value is -2.39. The van der Waals surface area contributed by atoms with Crippen molar-refractivity contribution in [2.75, 3.05) is 61.4 Å². The molecule has 0 spiro atoms. The van der Waals surface area contributed by atoms with Crippen molar-refractivity contribution in [3.8, 4) is 5.75 Å². The first kappa shape index (κ1) is 20.9. The molecule has 1 aromatic heterocycles. The first-order valence-electron chi connectivity index (χ1n) is 10.5. The number of sulfonamides is 1. The molecule has 1 aromatic carbocycles. The molecule has 3 heterocycles. The molecular formula is C21H29N5O3S. The Balaban J connectivity index is 1.33. The Bertz CT molecular complexity index is 940. The number of aromatic nitrogens is 2. The number of hydrogen-bond donors (Lipinski definition) is 0. The fourth-order valence-electron chi connectivity index (χ4n) is 3.91. The minimum Gasteiger partial charge on any atom is -0.492 e. The highest BCUT2D eigenvalue weighted by molar-refractivity contribution is 7.89. The number of rotatable bonds is 7. The average molecular weight is 432 g/mol. The molecule has 2 saturated heterocycles. The lowest BCUT2D eigenvalue weighted by Gasteiger charge is -2.35. The van der Waals surface area contributed by atoms with E-state index in [-0.39, 0.29) is 12.4 Å². The lowest BCUT2D eigenvalue weighted by molar-refractivity contribution is 0.331. The third-order valence-electron chi connectivity index (χ3n) is 5.55. The van der Waals surface area contributed by atoms with Crippen molar-refractivity contribution >= 4 is 21.7 Å². The molecule has 2 fully saturated rings. The van der Waals surface area contributed by atoms with Crippen LogP contribution in [0.25, 0.3) is 0 Å². The third-order valence-corrected chi connectivity index (χ3v) is 7.38. The van der Waals surface area contributed by atoms with E-state index in [1.807, 2.05) is 43.3 Å². The van der Waals surface area contributed by atoms with Crippen molar-refractivity contribution in [2.24, 2.45) is 0 Å². The van der Waals surface area contributed by atoms with Gasteiger partial charge in [0.15, 0.2) is 0 Å². The van der Waals surface area contributed by atoms with Gasteiger partial charge in [0, 0.05) is 45.3 Å². The van der Waals surface area contributed by atoms with E-state index < -0.39 is 10.0 Å². The summed E-state index contributed by atoms with van der Waals surface area (Å²) in [5, 5.41) is 0. The Morgan fingerprint density at radius 1 is 0.900 bits per heavy atom. The van der Waals surface area contributed by atoms with Crippen molar-refractivity contribution < 1.29 is 13.2 Å². The van der Waals surface area contributed by atoms with Crippen molar-refractivity contribution in [3.63, 3.8) is 0 Å². The highest BCUT2D eigenvalue weighted by Crippen LogP contribution is 2.24. The monoisotopic (exact) mass is 431 g/mol. The summed E-state index contributed by atoms with van der Waals surface area (Å²) in [6.45, 7) is 6.28. The molecule has 0 aliphatic carbocycles. The van der Waals surface area contributed by atoms with E-state index in [1.165, 1.54) is 12.8 Å². The van der Waals surface area contributed by atoms with Crippen LogP contribution >= 0.6 is 0 Å². The van der Waals surface area contributed by atoms with Gasteiger partial charge in [-0.1, -0.05) is 18.2 Å². The summed E-state index contributed by atoms with van der Waals surface area (Å²) in [6.07, 6.45) is 2.39. The van der Waals surface area contributed by atoms with E-state index in [0.717, 1.165) is 30.5 Å². The summed E-state index contributed by atoms with van der Waals surface area (Å²) >= 11 is 0. The van der Waals surface area contributed by atoms with Gasteiger partial charge in [0.1, 0.15) is 29.8 Å². The van der Waals surface area contributed by atoms with Gasteiger partial charge in [-0.25, -0.2) is 18.4 Å². The molecule has 0 N–H and O–H groups in total. The van der Waals surface area contributed by atoms with Crippen LogP contribution in [0, 0.1) is 6.92 Å². The predicted octanol–water partition coefficient (Wildman–Crippen LogP) is 1.92. The Kier molecular flexibility index (Phi) is 6.38. The second-order valence-electron chi connectivity index (χ2n) is 7.69. The number of hydrogen-bond acceptors (Lipinski definition) is 7. The number of benzene rings is 1. The summed E-state index contributed by atoms with van der Waals surface area (Å²) in [4.78, 5) is 13.6. The van der Waals surface area contributed by atoms with E-state index in [1.54, 1.807) is 4.31 Å². The Morgan fingerprint density at radius 2 is 1.50 bits per heavy atom. The fraction of sp³-hybridized carbons (Fsp3) is 0.524. The van der Waals surface area contributed by atoms with E-state index >= 15 is 0 Å². The molecule has 0 bridgehead atoms. The van der Waals surface area contributed by atoms with Crippen LogP contribution in [0.3, 0.4) is 0 Å². The molecule has 30 heavy (non-hydrogen) atoms. The summed E-state index contributed by atoms with van der Waals surface area (Å²) in [5.74, 6) is 3.28. The van der Waals surface area contributed by atoms with Crippen LogP contribution in [0.15, 0.2) is 36.4 Å². The second-order valence-corrected chi connectivity index (χ2v) is 9.78. The van der Waals surface area contributed by atoms with Crippen molar-refractivity contribution in [1.29, 1.82) is 0 Å². The first-order valence-corrected chi connectivity index (χ1v) is 12.1. The molecule has 0 atom stereocenters. The SMILES string of the molecule is Cc1nc(N2CCCC2)cc(N2CCN(S(=O)(=O)CCOc3ccccc3)CC2)n1. The van der Waals surface area contributed by atoms with Crippen LogP contribution in [0.4, 0.5) is 11.6 Å². The lowest BCUT2D eigenvalue weighted by Crippen LogP contribution is -2.50. The highest BCUT2D eigenvalue weighted by atomic mass is 32.2. The summed E-state index contributed by atoms with van der Waals surface area (Å²) in [6, 6.07) is 11.3. The van der Waals surface area contributed by atoms with Crippen molar-refractivity contribution in [2.45, 2.75) is 19.8 Å². The van der Waals surface area contributed by atoms with Crippen molar-refractivity contribution in [1.82, 2.24) is 14.3 Å². The van der Waals surface area contributed by atoms with E-state index in [4.69, 9.17) is 4.74 Å². The maximum atomic E-state index is 12.7. The van der Waals surface area contributed by atoms with E-state index in [9.17, 15) is 8.42 Å². The topological polar surface area (TPSA) is 78.9 Å².